The molecule has 1 aliphatic heterocycles. The van der Waals surface area contributed by atoms with Gasteiger partial charge in [0.05, 0.1) is 12.5 Å². The van der Waals surface area contributed by atoms with Crippen LogP contribution in [0.1, 0.15) is 12.2 Å². The van der Waals surface area contributed by atoms with E-state index in [1.807, 2.05) is 0 Å². The third kappa shape index (κ3) is 2.76. The monoisotopic (exact) mass is 253 g/mol. The van der Waals surface area contributed by atoms with Gasteiger partial charge in [-0.3, -0.25) is 9.48 Å². The predicted molar refractivity (Wildman–Crippen MR) is 60.6 cm³/mol. The van der Waals surface area contributed by atoms with Gasteiger partial charge in [0.25, 0.3) is 0 Å². The van der Waals surface area contributed by atoms with Crippen LogP contribution >= 0.6 is 0 Å². The Bertz CT molecular complexity index is 458. The minimum atomic E-state index is -0.850. The Morgan fingerprint density at radius 1 is 1.61 bits per heavy atom. The van der Waals surface area contributed by atoms with E-state index in [1.54, 1.807) is 18.1 Å². The fourth-order valence-electron chi connectivity index (χ4n) is 1.88. The van der Waals surface area contributed by atoms with E-state index in [-0.39, 0.29) is 19.1 Å². The number of carbonyl (C=O) groups excluding carboxylic acids is 1. The summed E-state index contributed by atoms with van der Waals surface area (Å²) >= 11 is 0. The molecule has 1 saturated heterocycles. The molecule has 2 rings (SSSR count). The zero-order valence-corrected chi connectivity index (χ0v) is 10.0. The van der Waals surface area contributed by atoms with Gasteiger partial charge in [-0.15, -0.1) is 0 Å². The van der Waals surface area contributed by atoms with E-state index in [1.165, 1.54) is 4.90 Å². The van der Waals surface area contributed by atoms with Crippen molar-refractivity contribution in [2.24, 2.45) is 13.0 Å². The third-order valence-electron chi connectivity index (χ3n) is 2.87. The van der Waals surface area contributed by atoms with Crippen LogP contribution in [0.5, 0.6) is 0 Å². The molecular weight excluding hydrogens is 238 g/mol. The van der Waals surface area contributed by atoms with Crippen LogP contribution < -0.4 is 5.32 Å². The smallest absolute Gasteiger partial charge is 0.317 e. The minimum absolute atomic E-state index is 0.244. The average Bonchev–Trinajstić information content (AvgIpc) is 2.94. The summed E-state index contributed by atoms with van der Waals surface area (Å²) in [5.74, 6) is -0.778. The first-order chi connectivity index (χ1) is 8.56. The van der Waals surface area contributed by atoms with Crippen molar-refractivity contribution in [3.8, 4) is 0 Å². The van der Waals surface area contributed by atoms with Gasteiger partial charge >= 0.3 is 12.0 Å². The number of carboxylic acid groups (broad SMARTS) is 1. The molecule has 0 aromatic carbocycles. The lowest BCUT2D eigenvalue weighted by Crippen LogP contribution is -2.38. The number of likely N-dealkylation sites (tertiary alicyclic amines) is 1. The van der Waals surface area contributed by atoms with Gasteiger partial charge in [-0.1, -0.05) is 0 Å². The van der Waals surface area contributed by atoms with Gasteiger partial charge in [0.2, 0.25) is 0 Å². The van der Waals surface area contributed by atoms with Gasteiger partial charge in [0.15, 0.2) is 5.82 Å². The normalized spacial score (nSPS) is 18.9. The molecule has 0 spiro atoms. The van der Waals surface area contributed by atoms with Gasteiger partial charge in [0.1, 0.15) is 6.33 Å². The Hall–Kier alpha value is -2.12. The van der Waals surface area contributed by atoms with E-state index in [0.29, 0.717) is 18.8 Å². The Labute approximate surface area is 104 Å². The van der Waals surface area contributed by atoms with Gasteiger partial charge in [-0.05, 0) is 6.42 Å². The zero-order chi connectivity index (χ0) is 13.1. The first-order valence-electron chi connectivity index (χ1n) is 5.66. The number of amides is 2. The van der Waals surface area contributed by atoms with Crippen molar-refractivity contribution in [1.29, 1.82) is 0 Å². The number of rotatable bonds is 3. The van der Waals surface area contributed by atoms with Crippen LogP contribution in [0.2, 0.25) is 0 Å². The summed E-state index contributed by atoms with van der Waals surface area (Å²) in [6.07, 6.45) is 2.06. The van der Waals surface area contributed by atoms with Crippen molar-refractivity contribution in [3.63, 3.8) is 0 Å². The molecule has 1 atom stereocenters. The Balaban J connectivity index is 1.80. The number of aliphatic carboxylic acids is 1. The molecule has 0 radical (unpaired) electrons. The van der Waals surface area contributed by atoms with Crippen LogP contribution in [-0.2, 0) is 18.4 Å². The maximum absolute atomic E-state index is 11.8. The highest BCUT2D eigenvalue weighted by Gasteiger charge is 2.30. The fourth-order valence-corrected chi connectivity index (χ4v) is 1.88. The van der Waals surface area contributed by atoms with Gasteiger partial charge < -0.3 is 15.3 Å². The summed E-state index contributed by atoms with van der Waals surface area (Å²) in [6.45, 7) is 0.975. The van der Waals surface area contributed by atoms with E-state index in [4.69, 9.17) is 5.11 Å². The molecule has 1 aromatic heterocycles. The molecule has 0 saturated carbocycles. The van der Waals surface area contributed by atoms with E-state index < -0.39 is 11.9 Å². The van der Waals surface area contributed by atoms with Crippen molar-refractivity contribution >= 4 is 12.0 Å². The number of hydrogen-bond donors (Lipinski definition) is 2. The minimum Gasteiger partial charge on any atom is -0.481 e. The van der Waals surface area contributed by atoms with Crippen LogP contribution in [0.4, 0.5) is 4.79 Å². The standard InChI is InChI=1S/C10H15N5O3/c1-14-6-12-8(13-14)4-11-10(18)15-3-2-7(5-15)9(16)17/h6-7H,2-5H2,1H3,(H,11,18)(H,16,17). The number of urea groups is 1. The van der Waals surface area contributed by atoms with Crippen LogP contribution in [0.25, 0.3) is 0 Å². The molecule has 2 N–H and O–H groups in total. The first kappa shape index (κ1) is 12.3. The van der Waals surface area contributed by atoms with Crippen molar-refractivity contribution < 1.29 is 14.7 Å². The number of hydrogen-bond acceptors (Lipinski definition) is 4. The lowest BCUT2D eigenvalue weighted by atomic mass is 10.1. The first-order valence-corrected chi connectivity index (χ1v) is 5.66. The van der Waals surface area contributed by atoms with E-state index >= 15 is 0 Å². The average molecular weight is 253 g/mol. The molecular formula is C10H15N5O3. The quantitative estimate of drug-likeness (QED) is 0.751. The predicted octanol–water partition coefficient (Wildman–Crippen LogP) is -0.569. The Kier molecular flexibility index (Phi) is 3.45. The zero-order valence-electron chi connectivity index (χ0n) is 10.0. The third-order valence-corrected chi connectivity index (χ3v) is 2.87. The summed E-state index contributed by atoms with van der Waals surface area (Å²) in [5, 5.41) is 15.5. The molecule has 1 unspecified atom stereocenters. The number of nitrogens with one attached hydrogen (secondary N) is 1. The summed E-state index contributed by atoms with van der Waals surface area (Å²) in [4.78, 5) is 28.0. The molecule has 0 aliphatic carbocycles. The number of aromatic nitrogens is 3. The lowest BCUT2D eigenvalue weighted by molar-refractivity contribution is -0.141. The Morgan fingerprint density at radius 3 is 2.94 bits per heavy atom. The molecule has 18 heavy (non-hydrogen) atoms. The molecule has 1 aromatic rings. The number of nitrogens with zero attached hydrogens (tertiary/aromatic N) is 4. The maximum atomic E-state index is 11.8. The summed E-state index contributed by atoms with van der Waals surface area (Å²) in [5.41, 5.74) is 0. The molecule has 1 aliphatic rings. The van der Waals surface area contributed by atoms with Crippen molar-refractivity contribution in [3.05, 3.63) is 12.2 Å². The summed E-state index contributed by atoms with van der Waals surface area (Å²) in [6, 6.07) is -0.272. The fraction of sp³-hybridized carbons (Fsp3) is 0.600. The molecule has 8 heteroatoms. The summed E-state index contributed by atoms with van der Waals surface area (Å²) < 4.78 is 1.55. The van der Waals surface area contributed by atoms with Crippen molar-refractivity contribution in [2.75, 3.05) is 13.1 Å². The van der Waals surface area contributed by atoms with Crippen LogP contribution in [0.15, 0.2) is 6.33 Å². The summed E-state index contributed by atoms with van der Waals surface area (Å²) in [7, 11) is 1.75. The number of carbonyl (C=O) groups is 2. The molecule has 2 amide bonds. The van der Waals surface area contributed by atoms with Crippen LogP contribution in [-0.4, -0.2) is 49.9 Å². The number of carboxylic acids is 1. The molecule has 2 heterocycles. The second-order valence-corrected chi connectivity index (χ2v) is 4.26. The van der Waals surface area contributed by atoms with Crippen LogP contribution in [0.3, 0.4) is 0 Å². The largest absolute Gasteiger partial charge is 0.481 e. The van der Waals surface area contributed by atoms with E-state index in [0.717, 1.165) is 0 Å². The van der Waals surface area contributed by atoms with Gasteiger partial charge in [0, 0.05) is 20.1 Å². The molecule has 1 fully saturated rings. The highest BCUT2D eigenvalue weighted by atomic mass is 16.4. The van der Waals surface area contributed by atoms with Crippen molar-refractivity contribution in [2.45, 2.75) is 13.0 Å². The maximum Gasteiger partial charge on any atom is 0.317 e. The van der Waals surface area contributed by atoms with Crippen molar-refractivity contribution in [1.82, 2.24) is 25.0 Å². The lowest BCUT2D eigenvalue weighted by Gasteiger charge is -2.15. The topological polar surface area (TPSA) is 100 Å². The Morgan fingerprint density at radius 2 is 2.39 bits per heavy atom. The van der Waals surface area contributed by atoms with E-state index in [9.17, 15) is 9.59 Å². The highest BCUT2D eigenvalue weighted by molar-refractivity contribution is 5.77. The second kappa shape index (κ2) is 5.03. The molecule has 8 nitrogen and oxygen atoms in total. The van der Waals surface area contributed by atoms with Crippen LogP contribution in [0, 0.1) is 5.92 Å². The molecule has 0 bridgehead atoms. The SMILES string of the molecule is Cn1cnc(CNC(=O)N2CCC(C(=O)O)C2)n1. The van der Waals surface area contributed by atoms with E-state index in [2.05, 4.69) is 15.4 Å². The highest BCUT2D eigenvalue weighted by Crippen LogP contribution is 2.16. The number of aryl methyl sites for hydroxylation is 1. The molecule has 98 valence electrons. The van der Waals surface area contributed by atoms with Gasteiger partial charge in [-0.25, -0.2) is 9.78 Å². The van der Waals surface area contributed by atoms with Gasteiger partial charge in [-0.2, -0.15) is 5.10 Å². The second-order valence-electron chi connectivity index (χ2n) is 4.26.